The summed E-state index contributed by atoms with van der Waals surface area (Å²) in [5.74, 6) is 1.80. The van der Waals surface area contributed by atoms with Gasteiger partial charge in [-0.1, -0.05) is 133 Å². The topological polar surface area (TPSA) is 41.3 Å². The van der Waals surface area contributed by atoms with E-state index in [2.05, 4.69) is 174 Å². The van der Waals surface area contributed by atoms with Gasteiger partial charge in [-0.25, -0.2) is 0 Å². The van der Waals surface area contributed by atoms with Gasteiger partial charge in [0, 0.05) is 22.9 Å². The summed E-state index contributed by atoms with van der Waals surface area (Å²) < 4.78 is 6.49. The van der Waals surface area contributed by atoms with Gasteiger partial charge in [0.1, 0.15) is 23.8 Å². The Morgan fingerprint density at radius 1 is 0.574 bits per heavy atom. The Bertz CT molecular complexity index is 2230. The van der Waals surface area contributed by atoms with Crippen LogP contribution in [0.4, 0.5) is 0 Å². The van der Waals surface area contributed by atoms with Crippen molar-refractivity contribution in [3.05, 3.63) is 203 Å². The van der Waals surface area contributed by atoms with Crippen LogP contribution in [-0.4, -0.2) is 16.2 Å². The summed E-state index contributed by atoms with van der Waals surface area (Å²) in [7, 11) is 0. The molecule has 3 unspecified atom stereocenters. The Labute approximate surface area is 274 Å². The molecule has 0 amide bonds. The average molecular weight is 606 g/mol. The molecule has 6 aromatic rings. The lowest BCUT2D eigenvalue weighted by atomic mass is 9.66. The van der Waals surface area contributed by atoms with Gasteiger partial charge in [-0.05, 0) is 68.8 Å². The molecule has 10 rings (SSSR count). The van der Waals surface area contributed by atoms with E-state index in [4.69, 9.17) is 10.5 Å². The number of ether oxygens (including phenoxy) is 1. The van der Waals surface area contributed by atoms with Crippen LogP contribution >= 0.6 is 0 Å². The third-order valence-electron chi connectivity index (χ3n) is 10.3. The molecule has 4 nitrogen and oxygen atoms in total. The Kier molecular flexibility index (Phi) is 5.59. The number of nitrogens with two attached hydrogens (primary N) is 1. The fourth-order valence-electron chi connectivity index (χ4n) is 8.20. The molecule has 1 aliphatic carbocycles. The van der Waals surface area contributed by atoms with E-state index in [0.717, 1.165) is 17.1 Å². The zero-order valence-corrected chi connectivity index (χ0v) is 25.6. The summed E-state index contributed by atoms with van der Waals surface area (Å²) in [6, 6.07) is 53.9. The molecule has 0 saturated carbocycles. The SMILES string of the molecule is NC(c1ccc2c(c1)-c1ccccc1C21c2ccccc2Oc2ccccc21)N1C2C(c3ccccc3)=CC(c3ccccc3)=CN21. The van der Waals surface area contributed by atoms with E-state index in [1.54, 1.807) is 0 Å². The highest BCUT2D eigenvalue weighted by molar-refractivity contribution is 5.90. The number of benzene rings is 6. The van der Waals surface area contributed by atoms with Crippen molar-refractivity contribution in [1.82, 2.24) is 10.0 Å². The van der Waals surface area contributed by atoms with Crippen LogP contribution in [-0.2, 0) is 5.41 Å². The van der Waals surface area contributed by atoms with Crippen molar-refractivity contribution in [3.8, 4) is 22.6 Å². The monoisotopic (exact) mass is 605 g/mol. The lowest BCUT2D eigenvalue weighted by Crippen LogP contribution is -2.32. The number of allylic oxidation sites excluding steroid dienone is 2. The lowest BCUT2D eigenvalue weighted by molar-refractivity contribution is 0.292. The predicted octanol–water partition coefficient (Wildman–Crippen LogP) is 9.11. The molecule has 6 aromatic carbocycles. The first-order valence-corrected chi connectivity index (χ1v) is 16.2. The highest BCUT2D eigenvalue weighted by Gasteiger charge is 2.53. The van der Waals surface area contributed by atoms with Gasteiger partial charge in [0.05, 0.1) is 5.41 Å². The molecule has 2 N–H and O–H groups in total. The zero-order valence-electron chi connectivity index (χ0n) is 25.6. The molecule has 3 aliphatic heterocycles. The molecule has 4 heteroatoms. The first kappa shape index (κ1) is 26.5. The van der Waals surface area contributed by atoms with Crippen molar-refractivity contribution in [1.29, 1.82) is 0 Å². The number of hydrogen-bond acceptors (Lipinski definition) is 4. The molecule has 0 radical (unpaired) electrons. The second kappa shape index (κ2) is 9.91. The van der Waals surface area contributed by atoms with Gasteiger partial charge in [0.25, 0.3) is 0 Å². The van der Waals surface area contributed by atoms with E-state index in [0.29, 0.717) is 0 Å². The van der Waals surface area contributed by atoms with Gasteiger partial charge in [0.15, 0.2) is 0 Å². The van der Waals surface area contributed by atoms with Gasteiger partial charge in [0.2, 0.25) is 0 Å². The summed E-state index contributed by atoms with van der Waals surface area (Å²) in [4.78, 5) is 0. The second-order valence-electron chi connectivity index (χ2n) is 12.7. The molecule has 3 heterocycles. The standard InChI is InChI=1S/C43H31N3O/c44-41(46-42-33(29-15-5-2-6-16-29)26-31(27-45(42)46)28-13-3-1-4-14-28)30-23-24-36-34(25-30)32-17-7-8-18-35(32)43(36)37-19-9-11-21-39(37)47-40-22-12-10-20-38(40)43/h1-27,41-42H,44H2. The van der Waals surface area contributed by atoms with Crippen LogP contribution < -0.4 is 10.5 Å². The smallest absolute Gasteiger partial charge is 0.142 e. The molecule has 0 bridgehead atoms. The summed E-state index contributed by atoms with van der Waals surface area (Å²) >= 11 is 0. The minimum absolute atomic E-state index is 0.0704. The van der Waals surface area contributed by atoms with Crippen LogP contribution in [0.1, 0.15) is 45.1 Å². The highest BCUT2D eigenvalue weighted by atomic mass is 16.5. The van der Waals surface area contributed by atoms with Crippen LogP contribution in [0, 0.1) is 0 Å². The van der Waals surface area contributed by atoms with E-state index in [1.165, 1.54) is 55.7 Å². The number of para-hydroxylation sites is 2. The highest BCUT2D eigenvalue weighted by Crippen LogP contribution is 2.62. The van der Waals surface area contributed by atoms with Crippen LogP contribution in [0.5, 0.6) is 11.5 Å². The number of hydrogen-bond donors (Lipinski definition) is 1. The fraction of sp³-hybridized carbons (Fsp3) is 0.0698. The van der Waals surface area contributed by atoms with Crippen molar-refractivity contribution < 1.29 is 4.74 Å². The Morgan fingerprint density at radius 2 is 1.15 bits per heavy atom. The number of rotatable bonds is 4. The maximum atomic E-state index is 7.23. The molecule has 1 spiro atoms. The van der Waals surface area contributed by atoms with Crippen LogP contribution in [0.25, 0.3) is 22.3 Å². The maximum absolute atomic E-state index is 7.23. The second-order valence-corrected chi connectivity index (χ2v) is 12.7. The maximum Gasteiger partial charge on any atom is 0.142 e. The van der Waals surface area contributed by atoms with E-state index < -0.39 is 5.41 Å². The van der Waals surface area contributed by atoms with Crippen molar-refractivity contribution >= 4 is 11.1 Å². The van der Waals surface area contributed by atoms with E-state index in [9.17, 15) is 0 Å². The summed E-state index contributed by atoms with van der Waals surface area (Å²) in [6.45, 7) is 0. The average Bonchev–Trinajstić information content (AvgIpc) is 3.81. The number of nitrogens with zero attached hydrogens (tertiary/aromatic N) is 2. The molecular formula is C43H31N3O. The minimum Gasteiger partial charge on any atom is -0.457 e. The predicted molar refractivity (Wildman–Crippen MR) is 187 cm³/mol. The zero-order chi connectivity index (χ0) is 31.1. The Hall–Kier alpha value is -5.68. The van der Waals surface area contributed by atoms with E-state index in [-0.39, 0.29) is 12.3 Å². The lowest BCUT2D eigenvalue weighted by Gasteiger charge is -2.39. The van der Waals surface area contributed by atoms with Gasteiger partial charge < -0.3 is 10.5 Å². The van der Waals surface area contributed by atoms with Gasteiger partial charge in [-0.3, -0.25) is 5.01 Å². The molecule has 3 atom stereocenters. The minimum atomic E-state index is -0.478. The van der Waals surface area contributed by atoms with E-state index in [1.807, 2.05) is 0 Å². The normalized spacial score (nSPS) is 19.6. The molecule has 1 saturated heterocycles. The molecule has 47 heavy (non-hydrogen) atoms. The van der Waals surface area contributed by atoms with Crippen molar-refractivity contribution in [2.45, 2.75) is 17.7 Å². The summed E-state index contributed by atoms with van der Waals surface area (Å²) in [5.41, 5.74) is 20.0. The molecular weight excluding hydrogens is 574 g/mol. The summed E-state index contributed by atoms with van der Waals surface area (Å²) in [6.07, 6.45) is 4.30. The fourth-order valence-corrected chi connectivity index (χ4v) is 8.20. The summed E-state index contributed by atoms with van der Waals surface area (Å²) in [5, 5.41) is 4.59. The van der Waals surface area contributed by atoms with Crippen molar-refractivity contribution in [3.63, 3.8) is 0 Å². The molecule has 1 fully saturated rings. The number of fused-ring (bicyclic) bond motifs is 10. The third-order valence-corrected chi connectivity index (χ3v) is 10.3. The molecule has 224 valence electrons. The van der Waals surface area contributed by atoms with Crippen LogP contribution in [0.3, 0.4) is 0 Å². The van der Waals surface area contributed by atoms with Crippen molar-refractivity contribution in [2.75, 3.05) is 0 Å². The van der Waals surface area contributed by atoms with Crippen LogP contribution in [0.15, 0.2) is 164 Å². The Morgan fingerprint density at radius 3 is 1.85 bits per heavy atom. The molecule has 0 aromatic heterocycles. The van der Waals surface area contributed by atoms with E-state index >= 15 is 0 Å². The third kappa shape index (κ3) is 3.71. The Balaban J connectivity index is 1.10. The van der Waals surface area contributed by atoms with Gasteiger partial charge in [-0.2, -0.15) is 5.01 Å². The first-order valence-electron chi connectivity index (χ1n) is 16.2. The van der Waals surface area contributed by atoms with Crippen LogP contribution in [0.2, 0.25) is 0 Å². The number of hydrazine groups is 1. The van der Waals surface area contributed by atoms with Gasteiger partial charge in [-0.15, -0.1) is 0 Å². The van der Waals surface area contributed by atoms with Crippen molar-refractivity contribution in [2.24, 2.45) is 5.73 Å². The van der Waals surface area contributed by atoms with Gasteiger partial charge >= 0.3 is 0 Å². The largest absolute Gasteiger partial charge is 0.457 e. The molecule has 4 aliphatic rings. The quantitative estimate of drug-likeness (QED) is 0.203. The first-order chi connectivity index (χ1) is 23.2.